The molecular formula is C8H13NS. The largest absolute Gasteiger partial charge is 0.249 e. The molecule has 1 aliphatic rings. The zero-order valence-corrected chi connectivity index (χ0v) is 6.24. The molecule has 0 atom stereocenters. The third-order valence-electron chi connectivity index (χ3n) is 2.05. The number of aromatic nitrogens is 1. The van der Waals surface area contributed by atoms with Gasteiger partial charge < -0.3 is 0 Å². The smallest absolute Gasteiger partial charge is 0.0794 e. The summed E-state index contributed by atoms with van der Waals surface area (Å²) in [6, 6.07) is 0. The van der Waals surface area contributed by atoms with Gasteiger partial charge in [0.25, 0.3) is 0 Å². The fourth-order valence-corrected chi connectivity index (χ4v) is 1.66. The van der Waals surface area contributed by atoms with E-state index in [1.165, 1.54) is 18.5 Å². The summed E-state index contributed by atoms with van der Waals surface area (Å²) >= 11 is 1.70. The van der Waals surface area contributed by atoms with Crippen molar-refractivity contribution >= 4 is 11.3 Å². The summed E-state index contributed by atoms with van der Waals surface area (Å²) in [5.74, 6) is 0. The molecule has 56 valence electrons. The van der Waals surface area contributed by atoms with E-state index in [2.05, 4.69) is 17.3 Å². The normalized spacial score (nSPS) is 19.7. The van der Waals surface area contributed by atoms with Gasteiger partial charge in [-0.3, -0.25) is 0 Å². The molecule has 1 nitrogen and oxygen atoms in total. The Morgan fingerprint density at radius 1 is 1.60 bits per heavy atom. The average molecular weight is 155 g/mol. The van der Waals surface area contributed by atoms with E-state index in [9.17, 15) is 0 Å². The highest BCUT2D eigenvalue weighted by molar-refractivity contribution is 7.07. The molecule has 1 heterocycles. The Morgan fingerprint density at radius 3 is 2.70 bits per heavy atom. The fourth-order valence-electron chi connectivity index (χ4n) is 0.954. The summed E-state index contributed by atoms with van der Waals surface area (Å²) in [6.07, 6.45) is 2.66. The van der Waals surface area contributed by atoms with Crippen LogP contribution in [0.25, 0.3) is 0 Å². The third kappa shape index (κ3) is 1.08. The Hall–Kier alpha value is -0.370. The van der Waals surface area contributed by atoms with Crippen LogP contribution in [0.4, 0.5) is 0 Å². The lowest BCUT2D eigenvalue weighted by molar-refractivity contribution is 0.758. The standard InChI is InChI=1S/C7H9NS.CH4/c1-7(2-3-7)6-4-9-5-8-6;/h4-5H,2-3H2,1H3;1H4. The van der Waals surface area contributed by atoms with Crippen molar-refractivity contribution in [2.24, 2.45) is 0 Å². The van der Waals surface area contributed by atoms with Crippen LogP contribution in [-0.4, -0.2) is 4.98 Å². The van der Waals surface area contributed by atoms with E-state index in [1.54, 1.807) is 11.3 Å². The molecule has 1 aliphatic carbocycles. The summed E-state index contributed by atoms with van der Waals surface area (Å²) in [7, 11) is 0. The first-order valence-corrected chi connectivity index (χ1v) is 4.14. The van der Waals surface area contributed by atoms with E-state index >= 15 is 0 Å². The minimum Gasteiger partial charge on any atom is -0.249 e. The van der Waals surface area contributed by atoms with Crippen LogP contribution in [0.2, 0.25) is 0 Å². The van der Waals surface area contributed by atoms with Crippen LogP contribution >= 0.6 is 11.3 Å². The summed E-state index contributed by atoms with van der Waals surface area (Å²) in [5.41, 5.74) is 3.69. The summed E-state index contributed by atoms with van der Waals surface area (Å²) in [5, 5.41) is 2.16. The molecule has 0 aliphatic heterocycles. The van der Waals surface area contributed by atoms with Crippen molar-refractivity contribution in [1.82, 2.24) is 4.98 Å². The van der Waals surface area contributed by atoms with Crippen LogP contribution < -0.4 is 0 Å². The predicted octanol–water partition coefficient (Wildman–Crippen LogP) is 2.83. The highest BCUT2D eigenvalue weighted by Gasteiger charge is 2.40. The van der Waals surface area contributed by atoms with Gasteiger partial charge in [-0.05, 0) is 12.8 Å². The van der Waals surface area contributed by atoms with Gasteiger partial charge in [-0.15, -0.1) is 11.3 Å². The van der Waals surface area contributed by atoms with Crippen molar-refractivity contribution < 1.29 is 0 Å². The third-order valence-corrected chi connectivity index (χ3v) is 2.64. The van der Waals surface area contributed by atoms with Crippen molar-refractivity contribution in [1.29, 1.82) is 0 Å². The van der Waals surface area contributed by atoms with Crippen molar-refractivity contribution in [3.63, 3.8) is 0 Å². The number of hydrogen-bond acceptors (Lipinski definition) is 2. The second kappa shape index (κ2) is 2.35. The molecular weight excluding hydrogens is 142 g/mol. The second-order valence-corrected chi connectivity index (χ2v) is 3.65. The lowest BCUT2D eigenvalue weighted by atomic mass is 10.1. The highest BCUT2D eigenvalue weighted by Crippen LogP contribution is 2.46. The molecule has 1 saturated carbocycles. The molecule has 0 radical (unpaired) electrons. The first-order chi connectivity index (χ1) is 4.31. The lowest BCUT2D eigenvalue weighted by Gasteiger charge is -1.99. The van der Waals surface area contributed by atoms with Crippen LogP contribution in [-0.2, 0) is 5.41 Å². The monoisotopic (exact) mass is 155 g/mol. The molecule has 2 heteroatoms. The maximum atomic E-state index is 4.27. The van der Waals surface area contributed by atoms with Crippen molar-refractivity contribution in [2.75, 3.05) is 0 Å². The van der Waals surface area contributed by atoms with Gasteiger partial charge in [0.1, 0.15) is 0 Å². The summed E-state index contributed by atoms with van der Waals surface area (Å²) in [6.45, 7) is 2.28. The molecule has 0 aromatic carbocycles. The molecule has 1 aromatic rings. The Balaban J connectivity index is 0.000000500. The number of nitrogens with zero attached hydrogens (tertiary/aromatic N) is 1. The first-order valence-electron chi connectivity index (χ1n) is 3.20. The number of hydrogen-bond donors (Lipinski definition) is 0. The molecule has 0 spiro atoms. The Labute approximate surface area is 66.1 Å². The maximum Gasteiger partial charge on any atom is 0.0794 e. The zero-order valence-electron chi connectivity index (χ0n) is 5.42. The zero-order chi connectivity index (χ0) is 6.32. The maximum absolute atomic E-state index is 4.27. The van der Waals surface area contributed by atoms with Crippen LogP contribution in [0.1, 0.15) is 32.9 Å². The average Bonchev–Trinajstić information content (AvgIpc) is 2.46. The highest BCUT2D eigenvalue weighted by atomic mass is 32.1. The van der Waals surface area contributed by atoms with Crippen LogP contribution in [0.3, 0.4) is 0 Å². The van der Waals surface area contributed by atoms with Crippen LogP contribution in [0.15, 0.2) is 10.9 Å². The Morgan fingerprint density at radius 2 is 2.30 bits per heavy atom. The lowest BCUT2D eigenvalue weighted by Crippen LogP contribution is -1.98. The van der Waals surface area contributed by atoms with Gasteiger partial charge in [0.05, 0.1) is 11.2 Å². The topological polar surface area (TPSA) is 12.9 Å². The summed E-state index contributed by atoms with van der Waals surface area (Å²) < 4.78 is 0. The fraction of sp³-hybridized carbons (Fsp3) is 0.625. The van der Waals surface area contributed by atoms with Gasteiger partial charge in [-0.25, -0.2) is 4.98 Å². The molecule has 0 saturated heterocycles. The van der Waals surface area contributed by atoms with Crippen molar-refractivity contribution in [3.8, 4) is 0 Å². The molecule has 0 N–H and O–H groups in total. The van der Waals surface area contributed by atoms with Gasteiger partial charge in [0.15, 0.2) is 0 Å². The summed E-state index contributed by atoms with van der Waals surface area (Å²) in [4.78, 5) is 4.27. The van der Waals surface area contributed by atoms with Crippen molar-refractivity contribution in [2.45, 2.75) is 32.6 Å². The van der Waals surface area contributed by atoms with Gasteiger partial charge in [-0.2, -0.15) is 0 Å². The second-order valence-electron chi connectivity index (χ2n) is 2.93. The SMILES string of the molecule is C.CC1(c2cscn2)CC1. The van der Waals surface area contributed by atoms with Gasteiger partial charge >= 0.3 is 0 Å². The number of rotatable bonds is 1. The Kier molecular flexibility index (Phi) is 1.82. The first kappa shape index (κ1) is 7.73. The van der Waals surface area contributed by atoms with Crippen LogP contribution in [0, 0.1) is 0 Å². The predicted molar refractivity (Wildman–Crippen MR) is 45.4 cm³/mol. The van der Waals surface area contributed by atoms with Gasteiger partial charge in [0, 0.05) is 10.8 Å². The molecule has 1 fully saturated rings. The number of thiazole rings is 1. The molecule has 0 bridgehead atoms. The minimum atomic E-state index is 0. The molecule has 10 heavy (non-hydrogen) atoms. The van der Waals surface area contributed by atoms with Gasteiger partial charge in [0.2, 0.25) is 0 Å². The van der Waals surface area contributed by atoms with E-state index in [0.29, 0.717) is 5.41 Å². The molecule has 0 amide bonds. The van der Waals surface area contributed by atoms with E-state index < -0.39 is 0 Å². The van der Waals surface area contributed by atoms with E-state index in [4.69, 9.17) is 0 Å². The van der Waals surface area contributed by atoms with Crippen LogP contribution in [0.5, 0.6) is 0 Å². The minimum absolute atomic E-state index is 0. The van der Waals surface area contributed by atoms with Crippen molar-refractivity contribution in [3.05, 3.63) is 16.6 Å². The molecule has 1 aromatic heterocycles. The van der Waals surface area contributed by atoms with E-state index in [0.717, 1.165) is 0 Å². The van der Waals surface area contributed by atoms with E-state index in [-0.39, 0.29) is 7.43 Å². The molecule has 2 rings (SSSR count). The van der Waals surface area contributed by atoms with Gasteiger partial charge in [-0.1, -0.05) is 14.4 Å². The van der Waals surface area contributed by atoms with E-state index in [1.807, 2.05) is 5.51 Å². The molecule has 0 unspecified atom stereocenters. The quantitative estimate of drug-likeness (QED) is 0.607. The Bertz CT molecular complexity index is 199.